The van der Waals surface area contributed by atoms with Crippen LogP contribution in [0.4, 0.5) is 0 Å². The first-order chi connectivity index (χ1) is 11.6. The average Bonchev–Trinajstić information content (AvgIpc) is 3.10. The third-order valence-electron chi connectivity index (χ3n) is 4.86. The van der Waals surface area contributed by atoms with E-state index in [1.165, 1.54) is 6.42 Å². The van der Waals surface area contributed by atoms with Crippen molar-refractivity contribution >= 4 is 5.91 Å². The Balaban J connectivity index is 1.66. The van der Waals surface area contributed by atoms with Crippen molar-refractivity contribution in [1.82, 2.24) is 10.2 Å². The van der Waals surface area contributed by atoms with E-state index in [2.05, 4.69) is 24.1 Å². The van der Waals surface area contributed by atoms with Crippen LogP contribution in [0, 0.1) is 5.92 Å². The summed E-state index contributed by atoms with van der Waals surface area (Å²) in [6, 6.07) is 18.5. The molecule has 1 unspecified atom stereocenters. The molecule has 1 amide bonds. The van der Waals surface area contributed by atoms with Gasteiger partial charge < -0.3 is 10.2 Å². The summed E-state index contributed by atoms with van der Waals surface area (Å²) in [6.45, 7) is 7.44. The summed E-state index contributed by atoms with van der Waals surface area (Å²) in [5.41, 5.74) is 2.82. The van der Waals surface area contributed by atoms with E-state index in [0.717, 1.165) is 36.3 Å². The first kappa shape index (κ1) is 16.7. The van der Waals surface area contributed by atoms with Crippen molar-refractivity contribution in [3.8, 4) is 11.1 Å². The molecule has 126 valence electrons. The van der Waals surface area contributed by atoms with Gasteiger partial charge in [-0.3, -0.25) is 4.79 Å². The highest BCUT2D eigenvalue weighted by Crippen LogP contribution is 2.23. The zero-order chi connectivity index (χ0) is 16.9. The van der Waals surface area contributed by atoms with E-state index in [4.69, 9.17) is 0 Å². The van der Waals surface area contributed by atoms with Gasteiger partial charge in [-0.15, -0.1) is 0 Å². The van der Waals surface area contributed by atoms with Gasteiger partial charge in [-0.1, -0.05) is 48.5 Å². The normalized spacial score (nSPS) is 18.0. The molecule has 3 nitrogen and oxygen atoms in total. The van der Waals surface area contributed by atoms with Crippen molar-refractivity contribution in [1.29, 1.82) is 0 Å². The second-order valence-electron chi connectivity index (χ2n) is 6.87. The summed E-state index contributed by atoms with van der Waals surface area (Å²) < 4.78 is 0. The van der Waals surface area contributed by atoms with E-state index in [1.807, 2.05) is 54.6 Å². The summed E-state index contributed by atoms with van der Waals surface area (Å²) in [6.07, 6.45) is 1.17. The van der Waals surface area contributed by atoms with Gasteiger partial charge in [-0.2, -0.15) is 0 Å². The van der Waals surface area contributed by atoms with Gasteiger partial charge in [-0.05, 0) is 49.9 Å². The summed E-state index contributed by atoms with van der Waals surface area (Å²) in [7, 11) is 0. The number of benzene rings is 2. The second-order valence-corrected chi connectivity index (χ2v) is 6.87. The number of hydrogen-bond acceptors (Lipinski definition) is 2. The van der Waals surface area contributed by atoms with E-state index < -0.39 is 0 Å². The lowest BCUT2D eigenvalue weighted by molar-refractivity contribution is 0.0948. The highest BCUT2D eigenvalue weighted by Gasteiger charge is 2.24. The quantitative estimate of drug-likeness (QED) is 0.908. The maximum absolute atomic E-state index is 12.7. The lowest BCUT2D eigenvalue weighted by Gasteiger charge is -2.20. The molecule has 24 heavy (non-hydrogen) atoms. The van der Waals surface area contributed by atoms with Crippen molar-refractivity contribution in [2.45, 2.75) is 26.3 Å². The molecule has 3 rings (SSSR count). The first-order valence-corrected chi connectivity index (χ1v) is 8.82. The molecule has 0 aliphatic carbocycles. The third-order valence-corrected chi connectivity index (χ3v) is 4.86. The topological polar surface area (TPSA) is 32.3 Å². The zero-order valence-electron chi connectivity index (χ0n) is 14.5. The van der Waals surface area contributed by atoms with Gasteiger partial charge in [0.1, 0.15) is 0 Å². The average molecular weight is 322 g/mol. The van der Waals surface area contributed by atoms with Crippen LogP contribution in [-0.4, -0.2) is 36.5 Å². The predicted octanol–water partition coefficient (Wildman–Crippen LogP) is 3.81. The number of carbonyl (C=O) groups is 1. The molecule has 1 aliphatic heterocycles. The lowest BCUT2D eigenvalue weighted by Crippen LogP contribution is -2.33. The van der Waals surface area contributed by atoms with E-state index >= 15 is 0 Å². The molecule has 0 saturated carbocycles. The molecule has 1 saturated heterocycles. The molecule has 1 fully saturated rings. The van der Waals surface area contributed by atoms with Crippen LogP contribution in [0.2, 0.25) is 0 Å². The molecule has 1 aliphatic rings. The van der Waals surface area contributed by atoms with Crippen molar-refractivity contribution < 1.29 is 4.79 Å². The highest BCUT2D eigenvalue weighted by atomic mass is 16.1. The Bertz CT molecular complexity index is 681. The molecule has 0 bridgehead atoms. The van der Waals surface area contributed by atoms with Crippen LogP contribution in [0.5, 0.6) is 0 Å². The maximum Gasteiger partial charge on any atom is 0.251 e. The van der Waals surface area contributed by atoms with Gasteiger partial charge >= 0.3 is 0 Å². The molecule has 3 heteroatoms. The Morgan fingerprint density at radius 1 is 1.12 bits per heavy atom. The van der Waals surface area contributed by atoms with Crippen molar-refractivity contribution in [3.05, 3.63) is 60.2 Å². The highest BCUT2D eigenvalue weighted by molar-refractivity contribution is 6.00. The zero-order valence-corrected chi connectivity index (χ0v) is 14.5. The first-order valence-electron chi connectivity index (χ1n) is 8.82. The van der Waals surface area contributed by atoms with Crippen LogP contribution in [0.1, 0.15) is 30.6 Å². The van der Waals surface area contributed by atoms with Gasteiger partial charge in [-0.25, -0.2) is 0 Å². The number of nitrogens with one attached hydrogen (secondary N) is 1. The van der Waals surface area contributed by atoms with Crippen LogP contribution < -0.4 is 5.32 Å². The molecule has 1 N–H and O–H groups in total. The number of rotatable bonds is 5. The minimum atomic E-state index is 0.0254. The van der Waals surface area contributed by atoms with E-state index in [1.54, 1.807) is 0 Å². The molecular formula is C21H26N2O. The molecule has 2 aromatic carbocycles. The Kier molecular flexibility index (Phi) is 5.31. The molecule has 2 aromatic rings. The molecule has 1 atom stereocenters. The fourth-order valence-corrected chi connectivity index (χ4v) is 3.38. The number of hydrogen-bond donors (Lipinski definition) is 1. The fourth-order valence-electron chi connectivity index (χ4n) is 3.38. The minimum Gasteiger partial charge on any atom is -0.352 e. The van der Waals surface area contributed by atoms with Gasteiger partial charge in [0, 0.05) is 24.7 Å². The summed E-state index contributed by atoms with van der Waals surface area (Å²) in [5.74, 6) is 0.581. The van der Waals surface area contributed by atoms with Crippen LogP contribution >= 0.6 is 0 Å². The Labute approximate surface area is 144 Å². The van der Waals surface area contributed by atoms with E-state index in [-0.39, 0.29) is 5.91 Å². The predicted molar refractivity (Wildman–Crippen MR) is 99.0 cm³/mol. The van der Waals surface area contributed by atoms with Gasteiger partial charge in [0.15, 0.2) is 0 Å². The largest absolute Gasteiger partial charge is 0.352 e. The molecule has 0 spiro atoms. The van der Waals surface area contributed by atoms with Crippen LogP contribution in [0.25, 0.3) is 11.1 Å². The van der Waals surface area contributed by atoms with Crippen LogP contribution in [0.15, 0.2) is 54.6 Å². The van der Waals surface area contributed by atoms with Crippen molar-refractivity contribution in [3.63, 3.8) is 0 Å². The third kappa shape index (κ3) is 3.85. The molecule has 1 heterocycles. The lowest BCUT2D eigenvalue weighted by atomic mass is 9.99. The van der Waals surface area contributed by atoms with E-state index in [9.17, 15) is 4.79 Å². The number of nitrogens with zero attached hydrogens (tertiary/aromatic N) is 1. The molecule has 0 radical (unpaired) electrons. The molecule has 0 aromatic heterocycles. The molecular weight excluding hydrogens is 296 g/mol. The number of amides is 1. The SMILES string of the molecule is CC(C)N1CCC(CNC(=O)c2ccccc2-c2ccccc2)C1. The van der Waals surface area contributed by atoms with E-state index in [0.29, 0.717) is 12.0 Å². The smallest absolute Gasteiger partial charge is 0.251 e. The fraction of sp³-hybridized carbons (Fsp3) is 0.381. The summed E-state index contributed by atoms with van der Waals surface area (Å²) in [4.78, 5) is 15.2. The maximum atomic E-state index is 12.7. The van der Waals surface area contributed by atoms with Crippen LogP contribution in [-0.2, 0) is 0 Å². The Morgan fingerprint density at radius 2 is 1.83 bits per heavy atom. The minimum absolute atomic E-state index is 0.0254. The second kappa shape index (κ2) is 7.63. The van der Waals surface area contributed by atoms with Gasteiger partial charge in [0.2, 0.25) is 0 Å². The van der Waals surface area contributed by atoms with Crippen LogP contribution in [0.3, 0.4) is 0 Å². The standard InChI is InChI=1S/C21H26N2O/c1-16(2)23-13-12-17(15-23)14-22-21(24)20-11-7-6-10-19(20)18-8-4-3-5-9-18/h3-11,16-17H,12-15H2,1-2H3,(H,22,24). The van der Waals surface area contributed by atoms with Gasteiger partial charge in [0.05, 0.1) is 0 Å². The number of likely N-dealkylation sites (tertiary alicyclic amines) is 1. The summed E-state index contributed by atoms with van der Waals surface area (Å²) >= 11 is 0. The summed E-state index contributed by atoms with van der Waals surface area (Å²) in [5, 5.41) is 3.14. The van der Waals surface area contributed by atoms with Crippen molar-refractivity contribution in [2.24, 2.45) is 5.92 Å². The van der Waals surface area contributed by atoms with Gasteiger partial charge in [0.25, 0.3) is 5.91 Å². The number of carbonyl (C=O) groups excluding carboxylic acids is 1. The Morgan fingerprint density at radius 3 is 2.54 bits per heavy atom. The van der Waals surface area contributed by atoms with Crippen molar-refractivity contribution in [2.75, 3.05) is 19.6 Å². The monoisotopic (exact) mass is 322 g/mol. The Hall–Kier alpha value is -2.13.